The van der Waals surface area contributed by atoms with Gasteiger partial charge in [-0.3, -0.25) is 9.59 Å². The van der Waals surface area contributed by atoms with Crippen molar-refractivity contribution in [1.29, 1.82) is 0 Å². The Labute approximate surface area is 132 Å². The van der Waals surface area contributed by atoms with Crippen molar-refractivity contribution in [3.63, 3.8) is 0 Å². The van der Waals surface area contributed by atoms with Gasteiger partial charge in [0, 0.05) is 44.9 Å². The lowest BCUT2D eigenvalue weighted by molar-refractivity contribution is -0.121. The van der Waals surface area contributed by atoms with Crippen LogP contribution in [0.5, 0.6) is 0 Å². The minimum atomic E-state index is -0.277. The number of hydrogen-bond acceptors (Lipinski definition) is 4. The Morgan fingerprint density at radius 1 is 1.39 bits per heavy atom. The van der Waals surface area contributed by atoms with E-state index in [1.165, 1.54) is 18.3 Å². The Bertz CT molecular complexity index is 875. The van der Waals surface area contributed by atoms with Crippen molar-refractivity contribution in [2.75, 3.05) is 6.54 Å². The second kappa shape index (κ2) is 6.47. The third-order valence-corrected chi connectivity index (χ3v) is 3.74. The van der Waals surface area contributed by atoms with Crippen LogP contribution in [0.1, 0.15) is 12.1 Å². The summed E-state index contributed by atoms with van der Waals surface area (Å²) in [5, 5.41) is 2.90. The molecule has 0 aromatic carbocycles. The molecule has 3 aromatic heterocycles. The highest BCUT2D eigenvalue weighted by Gasteiger charge is 2.09. The first kappa shape index (κ1) is 15.0. The van der Waals surface area contributed by atoms with Crippen molar-refractivity contribution in [3.8, 4) is 0 Å². The Hall–Kier alpha value is -2.90. The Morgan fingerprint density at radius 3 is 3.04 bits per heavy atom. The first-order valence-electron chi connectivity index (χ1n) is 7.40. The highest BCUT2D eigenvalue weighted by atomic mass is 16.1. The fraction of sp³-hybridized carbons (Fsp3) is 0.333. The van der Waals surface area contributed by atoms with Crippen molar-refractivity contribution in [2.24, 2.45) is 7.05 Å². The van der Waals surface area contributed by atoms with E-state index < -0.39 is 0 Å². The molecule has 2 N–H and O–H groups in total. The largest absolute Gasteiger partial charge is 0.356 e. The van der Waals surface area contributed by atoms with Crippen LogP contribution in [0, 0.1) is 0 Å². The Balaban J connectivity index is 1.51. The molecule has 1 amide bonds. The number of aromatic amines is 1. The highest BCUT2D eigenvalue weighted by Crippen LogP contribution is 2.05. The molecular weight excluding hydrogens is 296 g/mol. The number of imidazole rings is 1. The maximum absolute atomic E-state index is 11.9. The van der Waals surface area contributed by atoms with E-state index in [1.54, 1.807) is 4.57 Å². The van der Waals surface area contributed by atoms with Crippen LogP contribution in [-0.4, -0.2) is 36.5 Å². The number of H-pyrrole nitrogens is 1. The van der Waals surface area contributed by atoms with E-state index in [1.807, 2.05) is 29.9 Å². The monoisotopic (exact) mass is 314 g/mol. The molecule has 8 nitrogen and oxygen atoms in total. The molecular formula is C15H18N6O2. The summed E-state index contributed by atoms with van der Waals surface area (Å²) in [5.74, 6) is -0.0362. The summed E-state index contributed by atoms with van der Waals surface area (Å²) in [7, 11) is 1.98. The van der Waals surface area contributed by atoms with Crippen LogP contribution in [-0.2, 0) is 24.8 Å². The van der Waals surface area contributed by atoms with Crippen LogP contribution in [0.2, 0.25) is 0 Å². The second-order valence-electron chi connectivity index (χ2n) is 5.30. The molecule has 3 aromatic rings. The van der Waals surface area contributed by atoms with E-state index in [9.17, 15) is 9.59 Å². The number of aryl methyl sites for hydroxylation is 2. The van der Waals surface area contributed by atoms with Gasteiger partial charge in [-0.05, 0) is 12.1 Å². The molecule has 0 saturated heterocycles. The minimum absolute atomic E-state index is 0.0362. The molecule has 0 aliphatic carbocycles. The molecule has 0 spiro atoms. The third kappa shape index (κ3) is 3.31. The zero-order chi connectivity index (χ0) is 16.2. The maximum Gasteiger partial charge on any atom is 0.278 e. The average molecular weight is 314 g/mol. The summed E-state index contributed by atoms with van der Waals surface area (Å²) in [6.07, 6.45) is 5.95. The Kier molecular flexibility index (Phi) is 4.22. The average Bonchev–Trinajstić information content (AvgIpc) is 3.13. The van der Waals surface area contributed by atoms with Gasteiger partial charge in [-0.1, -0.05) is 0 Å². The number of rotatable bonds is 6. The van der Waals surface area contributed by atoms with Gasteiger partial charge in [0.15, 0.2) is 11.2 Å². The summed E-state index contributed by atoms with van der Waals surface area (Å²) in [4.78, 5) is 34.1. The minimum Gasteiger partial charge on any atom is -0.356 e. The number of fused-ring (bicyclic) bond motifs is 1. The van der Waals surface area contributed by atoms with E-state index in [0.29, 0.717) is 25.2 Å². The Morgan fingerprint density at radius 2 is 2.26 bits per heavy atom. The molecule has 23 heavy (non-hydrogen) atoms. The topological polar surface area (TPSA) is 97.6 Å². The van der Waals surface area contributed by atoms with Gasteiger partial charge in [0.1, 0.15) is 0 Å². The smallest absolute Gasteiger partial charge is 0.278 e. The van der Waals surface area contributed by atoms with Gasteiger partial charge in [-0.2, -0.15) is 0 Å². The molecule has 3 rings (SSSR count). The fourth-order valence-electron chi connectivity index (χ4n) is 2.45. The predicted molar refractivity (Wildman–Crippen MR) is 84.9 cm³/mol. The van der Waals surface area contributed by atoms with E-state index >= 15 is 0 Å². The van der Waals surface area contributed by atoms with E-state index in [0.717, 1.165) is 6.42 Å². The summed E-state index contributed by atoms with van der Waals surface area (Å²) in [6.45, 7) is 1.03. The summed E-state index contributed by atoms with van der Waals surface area (Å²) >= 11 is 0. The molecule has 0 atom stereocenters. The molecule has 0 saturated carbocycles. The van der Waals surface area contributed by atoms with Crippen molar-refractivity contribution < 1.29 is 4.79 Å². The number of carbonyl (C=O) groups excluding carboxylic acids is 1. The molecule has 0 aliphatic rings. The van der Waals surface area contributed by atoms with Crippen molar-refractivity contribution in [1.82, 2.24) is 29.4 Å². The van der Waals surface area contributed by atoms with Gasteiger partial charge in [0.05, 0.1) is 12.7 Å². The van der Waals surface area contributed by atoms with Gasteiger partial charge in [0.2, 0.25) is 5.91 Å². The third-order valence-electron chi connectivity index (χ3n) is 3.74. The summed E-state index contributed by atoms with van der Waals surface area (Å²) in [6, 6.07) is 4.02. The van der Waals surface area contributed by atoms with Crippen LogP contribution in [0.4, 0.5) is 0 Å². The molecule has 0 radical (unpaired) electrons. The number of nitrogens with one attached hydrogen (secondary N) is 2. The molecule has 8 heteroatoms. The lowest BCUT2D eigenvalue weighted by atomic mass is 10.3. The van der Waals surface area contributed by atoms with E-state index in [-0.39, 0.29) is 17.0 Å². The van der Waals surface area contributed by atoms with Crippen LogP contribution < -0.4 is 10.9 Å². The molecule has 0 aliphatic heterocycles. The number of hydrogen-bond donors (Lipinski definition) is 2. The zero-order valence-electron chi connectivity index (χ0n) is 12.8. The van der Waals surface area contributed by atoms with Crippen LogP contribution in [0.15, 0.2) is 35.8 Å². The fourth-order valence-corrected chi connectivity index (χ4v) is 2.45. The number of nitrogens with zero attached hydrogens (tertiary/aromatic N) is 4. The standard InChI is InChI=1S/C15H18N6O2/c1-20-7-2-3-11(20)4-6-16-12(22)5-8-21-10-19-13-14(21)17-9-18-15(13)23/h2-3,7,9-10H,4-6,8H2,1H3,(H,16,22)(H,17,18,23). The van der Waals surface area contributed by atoms with Crippen molar-refractivity contribution in [2.45, 2.75) is 19.4 Å². The second-order valence-corrected chi connectivity index (χ2v) is 5.30. The van der Waals surface area contributed by atoms with Gasteiger partial charge >= 0.3 is 0 Å². The first-order valence-corrected chi connectivity index (χ1v) is 7.40. The number of carbonyl (C=O) groups is 1. The van der Waals surface area contributed by atoms with Gasteiger partial charge < -0.3 is 19.4 Å². The lowest BCUT2D eigenvalue weighted by Crippen LogP contribution is -2.27. The highest BCUT2D eigenvalue weighted by molar-refractivity contribution is 5.76. The SMILES string of the molecule is Cn1cccc1CCNC(=O)CCn1cnc2c(=O)[nH]cnc21. The number of aromatic nitrogens is 5. The molecule has 0 unspecified atom stereocenters. The maximum atomic E-state index is 11.9. The summed E-state index contributed by atoms with van der Waals surface area (Å²) in [5.41, 5.74) is 1.68. The lowest BCUT2D eigenvalue weighted by Gasteiger charge is -2.07. The van der Waals surface area contributed by atoms with E-state index in [2.05, 4.69) is 20.3 Å². The van der Waals surface area contributed by atoms with E-state index in [4.69, 9.17) is 0 Å². The zero-order valence-corrected chi connectivity index (χ0v) is 12.8. The molecule has 3 heterocycles. The first-order chi connectivity index (χ1) is 11.1. The quantitative estimate of drug-likeness (QED) is 0.679. The van der Waals surface area contributed by atoms with Gasteiger partial charge in [-0.15, -0.1) is 0 Å². The summed E-state index contributed by atoms with van der Waals surface area (Å²) < 4.78 is 3.74. The predicted octanol–water partition coefficient (Wildman–Crippen LogP) is 0.207. The van der Waals surface area contributed by atoms with Crippen molar-refractivity contribution in [3.05, 3.63) is 47.0 Å². The van der Waals surface area contributed by atoms with Crippen molar-refractivity contribution >= 4 is 17.1 Å². The molecule has 120 valence electrons. The molecule has 0 bridgehead atoms. The number of amides is 1. The van der Waals surface area contributed by atoms with Crippen LogP contribution >= 0.6 is 0 Å². The molecule has 0 fully saturated rings. The normalized spacial score (nSPS) is 11.0. The van der Waals surface area contributed by atoms with Gasteiger partial charge in [0.25, 0.3) is 5.56 Å². The van der Waals surface area contributed by atoms with Crippen LogP contribution in [0.3, 0.4) is 0 Å². The van der Waals surface area contributed by atoms with Gasteiger partial charge in [-0.25, -0.2) is 9.97 Å². The van der Waals surface area contributed by atoms with Crippen LogP contribution in [0.25, 0.3) is 11.2 Å².